The molecule has 0 aliphatic heterocycles. The minimum Gasteiger partial charge on any atom is -0.497 e. The first kappa shape index (κ1) is 19.0. The summed E-state index contributed by atoms with van der Waals surface area (Å²) in [6.07, 6.45) is 3.27. The number of ether oxygens (including phenoxy) is 1. The summed E-state index contributed by atoms with van der Waals surface area (Å²) in [4.78, 5) is 29.7. The van der Waals surface area contributed by atoms with Gasteiger partial charge in [-0.1, -0.05) is 12.1 Å². The van der Waals surface area contributed by atoms with E-state index in [0.717, 1.165) is 28.0 Å². The summed E-state index contributed by atoms with van der Waals surface area (Å²) in [7, 11) is 4.68. The van der Waals surface area contributed by atoms with Crippen LogP contribution in [0.25, 0.3) is 28.2 Å². The Morgan fingerprint density at radius 2 is 1.93 bits per heavy atom. The van der Waals surface area contributed by atoms with Gasteiger partial charge in [-0.05, 0) is 25.0 Å². The second kappa shape index (κ2) is 7.25. The minimum atomic E-state index is -0.414. The average Bonchev–Trinajstić information content (AvgIpc) is 3.28. The maximum Gasteiger partial charge on any atom is 0.332 e. The fourth-order valence-electron chi connectivity index (χ4n) is 3.63. The van der Waals surface area contributed by atoms with Crippen molar-refractivity contribution in [2.75, 3.05) is 13.7 Å². The Bertz CT molecular complexity index is 1320. The van der Waals surface area contributed by atoms with E-state index in [1.165, 1.54) is 11.6 Å². The number of nitrogens with zero attached hydrogens (tertiary/aromatic N) is 5. The molecule has 0 radical (unpaired) electrons. The van der Waals surface area contributed by atoms with Gasteiger partial charge in [-0.3, -0.25) is 18.3 Å². The second-order valence-electron chi connectivity index (χ2n) is 6.99. The van der Waals surface area contributed by atoms with E-state index in [4.69, 9.17) is 4.74 Å². The van der Waals surface area contributed by atoms with Crippen LogP contribution >= 0.6 is 0 Å². The molecule has 0 aliphatic carbocycles. The van der Waals surface area contributed by atoms with Crippen LogP contribution in [-0.2, 0) is 20.6 Å². The van der Waals surface area contributed by atoms with E-state index < -0.39 is 5.69 Å². The molecule has 9 heteroatoms. The highest BCUT2D eigenvalue weighted by Gasteiger charge is 2.20. The molecule has 0 spiro atoms. The molecule has 1 aromatic carbocycles. The molecule has 0 amide bonds. The van der Waals surface area contributed by atoms with E-state index in [1.807, 2.05) is 35.0 Å². The van der Waals surface area contributed by atoms with Crippen LogP contribution in [0.2, 0.25) is 0 Å². The lowest BCUT2D eigenvalue weighted by molar-refractivity contribution is 0.281. The minimum absolute atomic E-state index is 0.109. The van der Waals surface area contributed by atoms with E-state index >= 15 is 0 Å². The number of methoxy groups -OCH3 is 1. The van der Waals surface area contributed by atoms with Crippen LogP contribution in [0, 0.1) is 0 Å². The summed E-state index contributed by atoms with van der Waals surface area (Å²) in [5, 5.41) is 9.18. The molecule has 3 aromatic heterocycles. The summed E-state index contributed by atoms with van der Waals surface area (Å²) in [5.74, 6) is 1.31. The van der Waals surface area contributed by atoms with E-state index in [-0.39, 0.29) is 12.2 Å². The molecule has 152 valence electrons. The number of hydrogen-bond acceptors (Lipinski definition) is 5. The number of aliphatic hydroxyl groups excluding tert-OH is 1. The van der Waals surface area contributed by atoms with Gasteiger partial charge < -0.3 is 14.4 Å². The lowest BCUT2D eigenvalue weighted by Crippen LogP contribution is -2.37. The first-order valence-corrected chi connectivity index (χ1v) is 9.40. The molecule has 4 aromatic rings. The molecular formula is C20H23N5O4. The van der Waals surface area contributed by atoms with Crippen LogP contribution in [-0.4, -0.2) is 41.9 Å². The molecule has 0 bridgehead atoms. The summed E-state index contributed by atoms with van der Waals surface area (Å²) in [5.41, 5.74) is 1.70. The van der Waals surface area contributed by atoms with Crippen molar-refractivity contribution in [2.45, 2.75) is 19.4 Å². The predicted molar refractivity (Wildman–Crippen MR) is 109 cm³/mol. The molecule has 3 heterocycles. The fraction of sp³-hybridized carbons (Fsp3) is 0.350. The van der Waals surface area contributed by atoms with Gasteiger partial charge >= 0.3 is 5.69 Å². The van der Waals surface area contributed by atoms with Crippen molar-refractivity contribution in [1.29, 1.82) is 0 Å². The normalized spacial score (nSPS) is 11.6. The average molecular weight is 397 g/mol. The van der Waals surface area contributed by atoms with E-state index in [0.29, 0.717) is 29.9 Å². The van der Waals surface area contributed by atoms with Crippen molar-refractivity contribution < 1.29 is 9.84 Å². The van der Waals surface area contributed by atoms with Crippen LogP contribution < -0.4 is 16.0 Å². The van der Waals surface area contributed by atoms with Gasteiger partial charge in [0.2, 0.25) is 5.78 Å². The Labute approximate surface area is 166 Å². The quantitative estimate of drug-likeness (QED) is 0.492. The first-order valence-electron chi connectivity index (χ1n) is 9.40. The number of fused-ring (bicyclic) bond motifs is 3. The maximum absolute atomic E-state index is 12.8. The molecule has 4 rings (SSSR count). The third-order valence-corrected chi connectivity index (χ3v) is 5.21. The number of aryl methyl sites for hydroxylation is 2. The third-order valence-electron chi connectivity index (χ3n) is 5.21. The topological polar surface area (TPSA) is 95.7 Å². The van der Waals surface area contributed by atoms with Crippen molar-refractivity contribution in [3.63, 3.8) is 0 Å². The highest BCUT2D eigenvalue weighted by molar-refractivity contribution is 5.78. The number of imidazole rings is 2. The highest BCUT2D eigenvalue weighted by atomic mass is 16.5. The standard InChI is InChI=1S/C20H23N5O4/c1-22-17-16(18(27)23(2)20(22)28)25-12-15(13-7-6-8-14(11-13)29-3)24(19(25)21-17)9-4-5-10-26/h6-8,11-12,26H,4-5,9-10H2,1-3H3. The van der Waals surface area contributed by atoms with Crippen LogP contribution in [0.15, 0.2) is 40.1 Å². The molecule has 0 aliphatic rings. The van der Waals surface area contributed by atoms with Gasteiger partial charge in [0.1, 0.15) is 5.75 Å². The predicted octanol–water partition coefficient (Wildman–Crippen LogP) is 1.13. The van der Waals surface area contributed by atoms with E-state index in [2.05, 4.69) is 4.98 Å². The van der Waals surface area contributed by atoms with E-state index in [9.17, 15) is 14.7 Å². The number of rotatable bonds is 6. The lowest BCUT2D eigenvalue weighted by Gasteiger charge is -2.09. The van der Waals surface area contributed by atoms with Gasteiger partial charge in [-0.2, -0.15) is 4.98 Å². The Hall–Kier alpha value is -3.33. The Balaban J connectivity index is 2.04. The molecular weight excluding hydrogens is 374 g/mol. The van der Waals surface area contributed by atoms with Gasteiger partial charge in [0.25, 0.3) is 5.56 Å². The monoisotopic (exact) mass is 397 g/mol. The van der Waals surface area contributed by atoms with Crippen molar-refractivity contribution in [3.05, 3.63) is 51.3 Å². The number of unbranched alkanes of at least 4 members (excludes halogenated alkanes) is 1. The van der Waals surface area contributed by atoms with Crippen molar-refractivity contribution in [2.24, 2.45) is 14.1 Å². The third kappa shape index (κ3) is 2.94. The fourth-order valence-corrected chi connectivity index (χ4v) is 3.63. The van der Waals surface area contributed by atoms with Crippen LogP contribution in [0.5, 0.6) is 5.75 Å². The van der Waals surface area contributed by atoms with Crippen LogP contribution in [0.3, 0.4) is 0 Å². The van der Waals surface area contributed by atoms with Crippen LogP contribution in [0.4, 0.5) is 0 Å². The molecule has 0 fully saturated rings. The van der Waals surface area contributed by atoms with Gasteiger partial charge in [0.05, 0.1) is 12.8 Å². The summed E-state index contributed by atoms with van der Waals surface area (Å²) < 4.78 is 11.6. The van der Waals surface area contributed by atoms with Crippen LogP contribution in [0.1, 0.15) is 12.8 Å². The van der Waals surface area contributed by atoms with Crippen molar-refractivity contribution in [1.82, 2.24) is 23.1 Å². The Kier molecular flexibility index (Phi) is 4.75. The zero-order valence-electron chi connectivity index (χ0n) is 16.6. The zero-order valence-corrected chi connectivity index (χ0v) is 16.6. The number of hydrogen-bond donors (Lipinski definition) is 1. The molecule has 0 unspecified atom stereocenters. The van der Waals surface area contributed by atoms with Gasteiger partial charge in [0, 0.05) is 39.0 Å². The molecule has 1 N–H and O–H groups in total. The maximum atomic E-state index is 12.8. The molecule has 9 nitrogen and oxygen atoms in total. The molecule has 0 saturated heterocycles. The van der Waals surface area contributed by atoms with Crippen molar-refractivity contribution in [3.8, 4) is 17.0 Å². The number of aliphatic hydroxyl groups is 1. The molecule has 29 heavy (non-hydrogen) atoms. The SMILES string of the molecule is COc1cccc(-c2cn3c4c(=O)n(C)c(=O)n(C)c4nc3n2CCCCO)c1. The second-order valence-corrected chi connectivity index (χ2v) is 6.99. The molecule has 0 atom stereocenters. The zero-order chi connectivity index (χ0) is 20.7. The largest absolute Gasteiger partial charge is 0.497 e. The van der Waals surface area contributed by atoms with Gasteiger partial charge in [-0.25, -0.2) is 4.79 Å². The Morgan fingerprint density at radius 3 is 2.66 bits per heavy atom. The van der Waals surface area contributed by atoms with E-state index in [1.54, 1.807) is 18.6 Å². The van der Waals surface area contributed by atoms with Gasteiger partial charge in [0.15, 0.2) is 11.2 Å². The molecule has 0 saturated carbocycles. The highest BCUT2D eigenvalue weighted by Crippen LogP contribution is 2.28. The smallest absolute Gasteiger partial charge is 0.332 e. The number of benzene rings is 1. The Morgan fingerprint density at radius 1 is 1.14 bits per heavy atom. The van der Waals surface area contributed by atoms with Crippen molar-refractivity contribution >= 4 is 16.9 Å². The lowest BCUT2D eigenvalue weighted by atomic mass is 10.1. The number of aromatic nitrogens is 5. The van der Waals surface area contributed by atoms with Gasteiger partial charge in [-0.15, -0.1) is 0 Å². The summed E-state index contributed by atoms with van der Waals surface area (Å²) >= 11 is 0. The summed E-state index contributed by atoms with van der Waals surface area (Å²) in [6, 6.07) is 7.67. The first-order chi connectivity index (χ1) is 14.0. The summed E-state index contributed by atoms with van der Waals surface area (Å²) in [6.45, 7) is 0.721.